The van der Waals surface area contributed by atoms with Crippen molar-refractivity contribution in [2.45, 2.75) is 36.5 Å². The van der Waals surface area contributed by atoms with Gasteiger partial charge < -0.3 is 10.4 Å². The lowest BCUT2D eigenvalue weighted by Crippen LogP contribution is -2.24. The first kappa shape index (κ1) is 18.5. The van der Waals surface area contributed by atoms with Crippen LogP contribution in [0.1, 0.15) is 25.3 Å². The fraction of sp³-hybridized carbons (Fsp3) is 0.278. The van der Waals surface area contributed by atoms with Crippen molar-refractivity contribution in [2.24, 2.45) is 0 Å². The van der Waals surface area contributed by atoms with Gasteiger partial charge in [0.1, 0.15) is 5.75 Å². The van der Waals surface area contributed by atoms with Crippen LogP contribution in [0.25, 0.3) is 0 Å². The second-order valence-corrected chi connectivity index (χ2v) is 7.79. The lowest BCUT2D eigenvalue weighted by molar-refractivity contribution is -0.121. The molecule has 0 aliphatic carbocycles. The van der Waals surface area contributed by atoms with Gasteiger partial charge in [0.05, 0.1) is 10.8 Å². The molecule has 128 valence electrons. The Morgan fingerprint density at radius 3 is 2.54 bits per heavy atom. The van der Waals surface area contributed by atoms with E-state index >= 15 is 0 Å². The van der Waals surface area contributed by atoms with Gasteiger partial charge in [0.25, 0.3) is 0 Å². The minimum Gasteiger partial charge on any atom is -0.508 e. The molecule has 0 spiro atoms. The Morgan fingerprint density at radius 1 is 1.21 bits per heavy atom. The highest BCUT2D eigenvalue weighted by molar-refractivity contribution is 7.85. The van der Waals surface area contributed by atoms with Crippen LogP contribution in [0.15, 0.2) is 53.4 Å². The van der Waals surface area contributed by atoms with Crippen LogP contribution in [-0.4, -0.2) is 20.5 Å². The molecule has 0 bridgehead atoms. The molecule has 0 aliphatic rings. The lowest BCUT2D eigenvalue weighted by atomic mass is 10.2. The highest BCUT2D eigenvalue weighted by atomic mass is 35.5. The molecule has 2 rings (SSSR count). The van der Waals surface area contributed by atoms with Crippen LogP contribution in [0.5, 0.6) is 5.75 Å². The summed E-state index contributed by atoms with van der Waals surface area (Å²) in [6.45, 7) is 2.23. The summed E-state index contributed by atoms with van der Waals surface area (Å²) in [6, 6.07) is 13.7. The Hall–Kier alpha value is -1.85. The minimum absolute atomic E-state index is 0.0931. The first-order valence-corrected chi connectivity index (χ1v) is 9.26. The number of aromatic hydroxyl groups is 1. The van der Waals surface area contributed by atoms with Gasteiger partial charge in [-0.05, 0) is 42.3 Å². The number of phenolic OH excluding ortho intramolecular Hbond substituents is 1. The predicted octanol–water partition coefficient (Wildman–Crippen LogP) is 3.64. The standard InChI is InChI=1S/C18H20ClNO3S/c1-13(24(23)16-9-7-15(21)8-10-16)6-11-18(22)20-12-14-4-2-3-5-17(14)19/h2-5,7-10,13,21H,6,11-12H2,1H3,(H,20,22). The molecule has 2 aromatic carbocycles. The van der Waals surface area contributed by atoms with Gasteiger partial charge in [-0.3, -0.25) is 9.00 Å². The van der Waals surface area contributed by atoms with Crippen molar-refractivity contribution in [3.05, 3.63) is 59.1 Å². The average Bonchev–Trinajstić information content (AvgIpc) is 2.59. The van der Waals surface area contributed by atoms with Gasteiger partial charge >= 0.3 is 0 Å². The second-order valence-electron chi connectivity index (χ2n) is 5.51. The molecule has 0 radical (unpaired) electrons. The number of carbonyl (C=O) groups excluding carboxylic acids is 1. The van der Waals surface area contributed by atoms with Crippen molar-refractivity contribution in [2.75, 3.05) is 0 Å². The van der Waals surface area contributed by atoms with Crippen molar-refractivity contribution < 1.29 is 14.1 Å². The molecule has 0 aromatic heterocycles. The first-order valence-electron chi connectivity index (χ1n) is 7.67. The zero-order valence-corrected chi connectivity index (χ0v) is 14.9. The van der Waals surface area contributed by atoms with Crippen molar-refractivity contribution in [1.29, 1.82) is 0 Å². The summed E-state index contributed by atoms with van der Waals surface area (Å²) >= 11 is 6.05. The fourth-order valence-electron chi connectivity index (χ4n) is 2.18. The summed E-state index contributed by atoms with van der Waals surface area (Å²) in [5.41, 5.74) is 0.869. The third-order valence-corrected chi connectivity index (χ3v) is 5.72. The molecule has 4 nitrogen and oxygen atoms in total. The number of hydrogen-bond acceptors (Lipinski definition) is 3. The monoisotopic (exact) mass is 365 g/mol. The molecule has 0 fully saturated rings. The van der Waals surface area contributed by atoms with Gasteiger partial charge in [0, 0.05) is 28.1 Å². The number of benzene rings is 2. The van der Waals surface area contributed by atoms with Gasteiger partial charge in [-0.15, -0.1) is 0 Å². The predicted molar refractivity (Wildman–Crippen MR) is 96.5 cm³/mol. The van der Waals surface area contributed by atoms with E-state index in [1.807, 2.05) is 25.1 Å². The molecule has 0 aliphatic heterocycles. The Labute approximate surface area is 149 Å². The summed E-state index contributed by atoms with van der Waals surface area (Å²) < 4.78 is 12.4. The van der Waals surface area contributed by atoms with Crippen LogP contribution in [-0.2, 0) is 22.1 Å². The van der Waals surface area contributed by atoms with Gasteiger partial charge in [0.15, 0.2) is 0 Å². The Morgan fingerprint density at radius 2 is 1.88 bits per heavy atom. The van der Waals surface area contributed by atoms with E-state index in [1.165, 1.54) is 12.1 Å². The highest BCUT2D eigenvalue weighted by Gasteiger charge is 2.15. The smallest absolute Gasteiger partial charge is 0.220 e. The van der Waals surface area contributed by atoms with Crippen molar-refractivity contribution in [3.8, 4) is 5.75 Å². The van der Waals surface area contributed by atoms with Gasteiger partial charge in [0.2, 0.25) is 5.91 Å². The molecule has 0 saturated heterocycles. The van der Waals surface area contributed by atoms with E-state index in [2.05, 4.69) is 5.32 Å². The molecule has 0 saturated carbocycles. The van der Waals surface area contributed by atoms with Crippen LogP contribution in [0.4, 0.5) is 0 Å². The maximum absolute atomic E-state index is 12.4. The third-order valence-electron chi connectivity index (χ3n) is 3.65. The second kappa shape index (κ2) is 8.85. The number of nitrogens with one attached hydrogen (secondary N) is 1. The number of hydrogen-bond donors (Lipinski definition) is 2. The molecule has 2 N–H and O–H groups in total. The van der Waals surface area contributed by atoms with Crippen molar-refractivity contribution >= 4 is 28.3 Å². The van der Waals surface area contributed by atoms with E-state index in [-0.39, 0.29) is 16.9 Å². The topological polar surface area (TPSA) is 66.4 Å². The number of carbonyl (C=O) groups is 1. The van der Waals surface area contributed by atoms with E-state index in [1.54, 1.807) is 18.2 Å². The number of rotatable bonds is 7. The maximum Gasteiger partial charge on any atom is 0.220 e. The Balaban J connectivity index is 1.79. The summed E-state index contributed by atoms with van der Waals surface area (Å²) in [5.74, 6) is 0.0480. The molecule has 0 heterocycles. The molecule has 1 amide bonds. The van der Waals surface area contributed by atoms with Crippen LogP contribution in [0.2, 0.25) is 5.02 Å². The van der Waals surface area contributed by atoms with Crippen LogP contribution in [0, 0.1) is 0 Å². The molecule has 6 heteroatoms. The van der Waals surface area contributed by atoms with E-state index in [4.69, 9.17) is 11.6 Å². The molecular formula is C18H20ClNO3S. The van der Waals surface area contributed by atoms with Gasteiger partial charge in [-0.2, -0.15) is 0 Å². The lowest BCUT2D eigenvalue weighted by Gasteiger charge is -2.12. The summed E-state index contributed by atoms with van der Waals surface area (Å²) in [6.07, 6.45) is 0.817. The quantitative estimate of drug-likeness (QED) is 0.787. The first-order chi connectivity index (χ1) is 11.5. The van der Waals surface area contributed by atoms with Crippen LogP contribution >= 0.6 is 11.6 Å². The van der Waals surface area contributed by atoms with Crippen molar-refractivity contribution in [1.82, 2.24) is 5.32 Å². The Kier molecular flexibility index (Phi) is 6.82. The number of halogens is 1. The maximum atomic E-state index is 12.4. The third kappa shape index (κ3) is 5.35. The fourth-order valence-corrected chi connectivity index (χ4v) is 3.58. The largest absolute Gasteiger partial charge is 0.508 e. The number of phenols is 1. The van der Waals surface area contributed by atoms with Crippen LogP contribution < -0.4 is 5.32 Å². The van der Waals surface area contributed by atoms with E-state index in [0.29, 0.717) is 29.3 Å². The zero-order valence-electron chi connectivity index (χ0n) is 13.4. The average molecular weight is 366 g/mol. The van der Waals surface area contributed by atoms with Crippen molar-refractivity contribution in [3.63, 3.8) is 0 Å². The summed E-state index contributed by atoms with van der Waals surface area (Å²) in [4.78, 5) is 12.6. The van der Waals surface area contributed by atoms with Crippen LogP contribution in [0.3, 0.4) is 0 Å². The van der Waals surface area contributed by atoms with Gasteiger partial charge in [-0.25, -0.2) is 0 Å². The molecule has 2 atom stereocenters. The van der Waals surface area contributed by atoms with E-state index in [0.717, 1.165) is 5.56 Å². The van der Waals surface area contributed by atoms with Gasteiger partial charge in [-0.1, -0.05) is 36.7 Å². The summed E-state index contributed by atoms with van der Waals surface area (Å²) in [5, 5.41) is 12.6. The van der Waals surface area contributed by atoms with E-state index in [9.17, 15) is 14.1 Å². The zero-order chi connectivity index (χ0) is 17.5. The molecule has 2 unspecified atom stereocenters. The molecule has 24 heavy (non-hydrogen) atoms. The molecule has 2 aromatic rings. The SMILES string of the molecule is CC(CCC(=O)NCc1ccccc1Cl)S(=O)c1ccc(O)cc1. The minimum atomic E-state index is -1.21. The highest BCUT2D eigenvalue weighted by Crippen LogP contribution is 2.18. The Bertz CT molecular complexity index is 718. The van der Waals surface area contributed by atoms with E-state index < -0.39 is 10.8 Å². The summed E-state index contributed by atoms with van der Waals surface area (Å²) in [7, 11) is -1.21. The molecular weight excluding hydrogens is 346 g/mol. The number of amides is 1. The normalized spacial score (nSPS) is 13.2.